The van der Waals surface area contributed by atoms with Crippen molar-refractivity contribution in [2.75, 3.05) is 37.5 Å². The quantitative estimate of drug-likeness (QED) is 0.293. The number of nitrogens with one attached hydrogen (secondary N) is 2. The van der Waals surface area contributed by atoms with Crippen molar-refractivity contribution in [3.63, 3.8) is 0 Å². The number of piperidine rings is 1. The molecule has 0 unspecified atom stereocenters. The predicted molar refractivity (Wildman–Crippen MR) is 142 cm³/mol. The van der Waals surface area contributed by atoms with Crippen LogP contribution in [0, 0.1) is 12.8 Å². The monoisotopic (exact) mass is 524 g/mol. The number of carbonyl (C=O) groups is 2. The number of nitrogens with zero attached hydrogens (tertiary/aromatic N) is 4. The van der Waals surface area contributed by atoms with Crippen LogP contribution < -0.4 is 15.0 Å². The average Bonchev–Trinajstić information content (AvgIpc) is 3.29. The van der Waals surface area contributed by atoms with Crippen molar-refractivity contribution >= 4 is 41.0 Å². The van der Waals surface area contributed by atoms with Gasteiger partial charge in [-0.25, -0.2) is 9.97 Å². The minimum Gasteiger partial charge on any atom is -0.490 e. The van der Waals surface area contributed by atoms with Crippen LogP contribution in [0.3, 0.4) is 0 Å². The number of carbonyl (C=O) groups excluding carboxylic acids is 2. The number of methoxy groups -OCH3 is 2. The molecule has 2 aromatic heterocycles. The van der Waals surface area contributed by atoms with Gasteiger partial charge in [-0.2, -0.15) is 5.10 Å². The molecule has 11 heteroatoms. The summed E-state index contributed by atoms with van der Waals surface area (Å²) in [4.78, 5) is 35.9. The van der Waals surface area contributed by atoms with E-state index < -0.39 is 0 Å². The molecule has 1 aliphatic rings. The molecule has 1 fully saturated rings. The molecule has 4 rings (SSSR count). The second-order valence-electron chi connectivity index (χ2n) is 9.11. The lowest BCUT2D eigenvalue weighted by atomic mass is 9.93. The van der Waals surface area contributed by atoms with Crippen LogP contribution in [-0.4, -0.2) is 59.2 Å². The lowest BCUT2D eigenvalue weighted by molar-refractivity contribution is -0.141. The highest BCUT2D eigenvalue weighted by atomic mass is 32.2. The maximum absolute atomic E-state index is 11.7. The summed E-state index contributed by atoms with van der Waals surface area (Å²) in [6.07, 6.45) is 2.54. The van der Waals surface area contributed by atoms with Gasteiger partial charge < -0.3 is 19.7 Å². The van der Waals surface area contributed by atoms with Gasteiger partial charge in [0.25, 0.3) is 0 Å². The Morgan fingerprint density at radius 1 is 1.16 bits per heavy atom. The Hall–Kier alpha value is -3.60. The molecule has 0 aliphatic carbocycles. The number of ketones is 1. The maximum atomic E-state index is 11.7. The van der Waals surface area contributed by atoms with E-state index in [9.17, 15) is 9.59 Å². The van der Waals surface area contributed by atoms with Crippen molar-refractivity contribution in [2.24, 2.45) is 5.92 Å². The number of Topliss-reactive ketones (excluding diaryl/α,β-unsaturated/α-hetero) is 1. The molecule has 0 atom stereocenters. The number of anilines is 3. The van der Waals surface area contributed by atoms with E-state index in [-0.39, 0.29) is 17.7 Å². The SMILES string of the molecule is COC(=O)CC1CCN(c2nc(Sc3ccc(CC(C)=O)cc3)nc(Nc3cc(C)[nH]n3)c2OC)CC1. The molecule has 196 valence electrons. The maximum Gasteiger partial charge on any atom is 0.305 e. The summed E-state index contributed by atoms with van der Waals surface area (Å²) in [6, 6.07) is 9.73. The van der Waals surface area contributed by atoms with Gasteiger partial charge in [-0.1, -0.05) is 12.1 Å². The molecule has 0 spiro atoms. The first-order chi connectivity index (χ1) is 17.8. The van der Waals surface area contributed by atoms with Gasteiger partial charge in [0.15, 0.2) is 22.6 Å². The smallest absolute Gasteiger partial charge is 0.305 e. The second kappa shape index (κ2) is 12.1. The lowest BCUT2D eigenvalue weighted by Crippen LogP contribution is -2.35. The molecule has 0 saturated carbocycles. The molecule has 0 amide bonds. The summed E-state index contributed by atoms with van der Waals surface area (Å²) in [6.45, 7) is 4.99. The Kier molecular flexibility index (Phi) is 8.65. The van der Waals surface area contributed by atoms with Gasteiger partial charge >= 0.3 is 5.97 Å². The molecule has 37 heavy (non-hydrogen) atoms. The number of hydrogen-bond donors (Lipinski definition) is 2. The van der Waals surface area contributed by atoms with E-state index in [4.69, 9.17) is 19.4 Å². The molecule has 3 aromatic rings. The van der Waals surface area contributed by atoms with Crippen molar-refractivity contribution in [3.05, 3.63) is 41.6 Å². The fraction of sp³-hybridized carbons (Fsp3) is 0.423. The van der Waals surface area contributed by atoms with E-state index in [2.05, 4.69) is 20.4 Å². The standard InChI is InChI=1S/C26H32N6O4S/c1-16-13-21(31-30-16)27-24-23(36-4)25(32-11-9-19(10-12-32)15-22(34)35-3)29-26(28-24)37-20-7-5-18(6-8-20)14-17(2)33/h5-8,13,19H,9-12,14-15H2,1-4H3,(H2,27,28,29,30,31). The van der Waals surface area contributed by atoms with E-state index in [1.165, 1.54) is 18.9 Å². The van der Waals surface area contributed by atoms with Crippen LogP contribution in [0.25, 0.3) is 0 Å². The Balaban J connectivity index is 1.61. The fourth-order valence-corrected chi connectivity index (χ4v) is 5.04. The Bertz CT molecular complexity index is 1240. The Morgan fingerprint density at radius 2 is 1.89 bits per heavy atom. The minimum absolute atomic E-state index is 0.128. The van der Waals surface area contributed by atoms with Gasteiger partial charge in [0.05, 0.1) is 14.2 Å². The van der Waals surface area contributed by atoms with Gasteiger partial charge in [0, 0.05) is 42.6 Å². The van der Waals surface area contributed by atoms with E-state index in [0.717, 1.165) is 42.1 Å². The molecular formula is C26H32N6O4S. The summed E-state index contributed by atoms with van der Waals surface area (Å²) in [5, 5.41) is 11.0. The molecule has 10 nitrogen and oxygen atoms in total. The van der Waals surface area contributed by atoms with Crippen LogP contribution in [0.4, 0.5) is 17.5 Å². The number of aryl methyl sites for hydroxylation is 1. The molecule has 2 N–H and O–H groups in total. The predicted octanol–water partition coefficient (Wildman–Crippen LogP) is 4.32. The Labute approximate surface area is 220 Å². The van der Waals surface area contributed by atoms with Gasteiger partial charge in [-0.3, -0.25) is 14.7 Å². The van der Waals surface area contributed by atoms with Crippen LogP contribution in [0.2, 0.25) is 0 Å². The lowest BCUT2D eigenvalue weighted by Gasteiger charge is -2.33. The second-order valence-corrected chi connectivity index (χ2v) is 10.1. The van der Waals surface area contributed by atoms with Crippen LogP contribution in [0.5, 0.6) is 5.75 Å². The zero-order chi connectivity index (χ0) is 26.4. The number of esters is 1. The number of aromatic nitrogens is 4. The summed E-state index contributed by atoms with van der Waals surface area (Å²) >= 11 is 1.44. The average molecular weight is 525 g/mol. The highest BCUT2D eigenvalue weighted by Gasteiger charge is 2.27. The molecule has 1 aromatic carbocycles. The zero-order valence-electron chi connectivity index (χ0n) is 21.5. The van der Waals surface area contributed by atoms with Crippen LogP contribution in [-0.2, 0) is 20.7 Å². The molecule has 1 saturated heterocycles. The normalized spacial score (nSPS) is 13.9. The van der Waals surface area contributed by atoms with Crippen molar-refractivity contribution in [3.8, 4) is 5.75 Å². The van der Waals surface area contributed by atoms with Crippen molar-refractivity contribution < 1.29 is 19.1 Å². The minimum atomic E-state index is -0.174. The zero-order valence-corrected chi connectivity index (χ0v) is 22.4. The molecule has 0 radical (unpaired) electrons. The molecule has 0 bridgehead atoms. The molecule has 1 aliphatic heterocycles. The van der Waals surface area contributed by atoms with E-state index in [0.29, 0.717) is 41.2 Å². The van der Waals surface area contributed by atoms with E-state index in [1.54, 1.807) is 14.0 Å². The number of hydrogen-bond acceptors (Lipinski definition) is 10. The number of ether oxygens (including phenoxy) is 2. The number of benzene rings is 1. The van der Waals surface area contributed by atoms with Crippen molar-refractivity contribution in [1.82, 2.24) is 20.2 Å². The Morgan fingerprint density at radius 3 is 2.49 bits per heavy atom. The molecule has 3 heterocycles. The third-order valence-corrected chi connectivity index (χ3v) is 7.04. The third-order valence-electron chi connectivity index (χ3n) is 6.17. The first-order valence-corrected chi connectivity index (χ1v) is 13.0. The molecular weight excluding hydrogens is 492 g/mol. The number of H-pyrrole nitrogens is 1. The summed E-state index contributed by atoms with van der Waals surface area (Å²) in [5.41, 5.74) is 1.89. The first-order valence-electron chi connectivity index (χ1n) is 12.2. The summed E-state index contributed by atoms with van der Waals surface area (Å²) in [7, 11) is 3.03. The van der Waals surface area contributed by atoms with Crippen molar-refractivity contribution in [1.29, 1.82) is 0 Å². The van der Waals surface area contributed by atoms with Gasteiger partial charge in [-0.15, -0.1) is 0 Å². The van der Waals surface area contributed by atoms with Crippen LogP contribution in [0.15, 0.2) is 40.4 Å². The van der Waals surface area contributed by atoms with Gasteiger partial charge in [-0.05, 0) is 62.1 Å². The van der Waals surface area contributed by atoms with Gasteiger partial charge in [0.2, 0.25) is 5.75 Å². The van der Waals surface area contributed by atoms with Crippen LogP contribution >= 0.6 is 11.8 Å². The first kappa shape index (κ1) is 26.5. The summed E-state index contributed by atoms with van der Waals surface area (Å²) < 4.78 is 10.6. The third kappa shape index (κ3) is 7.00. The highest BCUT2D eigenvalue weighted by molar-refractivity contribution is 7.99. The largest absolute Gasteiger partial charge is 0.490 e. The highest BCUT2D eigenvalue weighted by Crippen LogP contribution is 2.39. The van der Waals surface area contributed by atoms with Crippen molar-refractivity contribution in [2.45, 2.75) is 49.6 Å². The van der Waals surface area contributed by atoms with E-state index >= 15 is 0 Å². The van der Waals surface area contributed by atoms with Gasteiger partial charge in [0.1, 0.15) is 5.78 Å². The summed E-state index contributed by atoms with van der Waals surface area (Å²) in [5.74, 6) is 2.61. The van der Waals surface area contributed by atoms with E-state index in [1.807, 2.05) is 37.3 Å². The topological polar surface area (TPSA) is 122 Å². The van der Waals surface area contributed by atoms with Crippen LogP contribution in [0.1, 0.15) is 37.4 Å². The number of rotatable bonds is 10. The number of aromatic amines is 1. The fourth-order valence-electron chi connectivity index (χ4n) is 4.29.